The van der Waals surface area contributed by atoms with Gasteiger partial charge in [0.25, 0.3) is 0 Å². The minimum Gasteiger partial charge on any atom is -0.490 e. The van der Waals surface area contributed by atoms with E-state index in [9.17, 15) is 14.9 Å². The molecular weight excluding hydrogens is 264 g/mol. The van der Waals surface area contributed by atoms with E-state index >= 15 is 0 Å². The number of carboxylic acid groups (broad SMARTS) is 1. The van der Waals surface area contributed by atoms with Gasteiger partial charge in [-0.2, -0.15) is 0 Å². The lowest BCUT2D eigenvalue weighted by molar-refractivity contribution is -0.385. The monoisotopic (exact) mass is 280 g/mol. The predicted molar refractivity (Wildman–Crippen MR) is 72.0 cm³/mol. The number of aliphatic carboxylic acids is 1. The molecule has 20 heavy (non-hydrogen) atoms. The second-order valence-electron chi connectivity index (χ2n) is 4.77. The van der Waals surface area contributed by atoms with Crippen LogP contribution < -0.4 is 10.1 Å². The van der Waals surface area contributed by atoms with Crippen LogP contribution in [-0.2, 0) is 4.79 Å². The van der Waals surface area contributed by atoms with Crippen molar-refractivity contribution in [3.63, 3.8) is 0 Å². The van der Waals surface area contributed by atoms with Crippen LogP contribution in [0, 0.1) is 16.0 Å². The van der Waals surface area contributed by atoms with E-state index in [-0.39, 0.29) is 17.5 Å². The number of ether oxygens (including phenoxy) is 1. The molecule has 0 bridgehead atoms. The van der Waals surface area contributed by atoms with Gasteiger partial charge in [0, 0.05) is 23.9 Å². The van der Waals surface area contributed by atoms with Crippen molar-refractivity contribution < 1.29 is 19.6 Å². The van der Waals surface area contributed by atoms with E-state index in [1.54, 1.807) is 6.07 Å². The molecule has 2 atom stereocenters. The number of hydrogen-bond donors (Lipinski definition) is 2. The highest BCUT2D eigenvalue weighted by molar-refractivity contribution is 5.72. The smallest absolute Gasteiger partial charge is 0.311 e. The quantitative estimate of drug-likeness (QED) is 0.633. The Labute approximate surface area is 115 Å². The van der Waals surface area contributed by atoms with E-state index in [0.717, 1.165) is 12.8 Å². The van der Waals surface area contributed by atoms with E-state index in [1.165, 1.54) is 19.2 Å². The minimum atomic E-state index is -0.811. The van der Waals surface area contributed by atoms with E-state index in [2.05, 4.69) is 5.32 Å². The number of hydrogen-bond acceptors (Lipinski definition) is 5. The first-order valence-corrected chi connectivity index (χ1v) is 6.34. The maximum Gasteiger partial charge on any atom is 0.311 e. The van der Waals surface area contributed by atoms with Crippen LogP contribution in [0.3, 0.4) is 0 Å². The highest BCUT2D eigenvalue weighted by Gasteiger charge is 2.33. The summed E-state index contributed by atoms with van der Waals surface area (Å²) in [5.41, 5.74) is 0.518. The molecule has 2 rings (SSSR count). The highest BCUT2D eigenvalue weighted by atomic mass is 16.6. The first kappa shape index (κ1) is 14.1. The van der Waals surface area contributed by atoms with Crippen LogP contribution in [0.15, 0.2) is 18.2 Å². The number of nitro groups is 1. The van der Waals surface area contributed by atoms with E-state index in [0.29, 0.717) is 12.1 Å². The number of methoxy groups -OCH3 is 1. The summed E-state index contributed by atoms with van der Waals surface area (Å²) in [6, 6.07) is 4.29. The molecule has 2 unspecified atom stereocenters. The Kier molecular flexibility index (Phi) is 4.07. The summed E-state index contributed by atoms with van der Waals surface area (Å²) in [5.74, 6) is -1.07. The number of carboxylic acids is 1. The van der Waals surface area contributed by atoms with Crippen molar-refractivity contribution in [1.82, 2.24) is 0 Å². The first-order valence-electron chi connectivity index (χ1n) is 6.34. The van der Waals surface area contributed by atoms with Crippen LogP contribution in [0.25, 0.3) is 0 Å². The Morgan fingerprint density at radius 3 is 2.85 bits per heavy atom. The summed E-state index contributed by atoms with van der Waals surface area (Å²) in [4.78, 5) is 21.4. The van der Waals surface area contributed by atoms with E-state index in [1.807, 2.05) is 0 Å². The normalized spacial score (nSPS) is 21.4. The Morgan fingerprint density at radius 2 is 2.25 bits per heavy atom. The van der Waals surface area contributed by atoms with Crippen molar-refractivity contribution in [1.29, 1.82) is 0 Å². The van der Waals surface area contributed by atoms with Gasteiger partial charge in [-0.05, 0) is 18.9 Å². The second-order valence-corrected chi connectivity index (χ2v) is 4.77. The number of nitrogens with zero attached hydrogens (tertiary/aromatic N) is 1. The molecule has 0 heterocycles. The predicted octanol–water partition coefficient (Wildman–Crippen LogP) is 2.27. The van der Waals surface area contributed by atoms with Gasteiger partial charge in [0.15, 0.2) is 5.75 Å². The van der Waals surface area contributed by atoms with Crippen LogP contribution in [0.5, 0.6) is 5.75 Å². The van der Waals surface area contributed by atoms with Crippen molar-refractivity contribution in [3.8, 4) is 5.75 Å². The fourth-order valence-electron chi connectivity index (χ4n) is 2.56. The molecule has 1 aliphatic rings. The Balaban J connectivity index is 2.17. The van der Waals surface area contributed by atoms with Crippen molar-refractivity contribution in [3.05, 3.63) is 28.3 Å². The SMILES string of the molecule is COc1cc(NC2CCCC2C(=O)O)ccc1[N+](=O)[O-]. The van der Waals surface area contributed by atoms with Gasteiger partial charge < -0.3 is 15.2 Å². The minimum absolute atomic E-state index is 0.112. The van der Waals surface area contributed by atoms with Gasteiger partial charge in [-0.3, -0.25) is 14.9 Å². The standard InChI is InChI=1S/C13H16N2O5/c1-20-12-7-8(5-6-11(12)15(18)19)14-10-4-2-3-9(10)13(16)17/h5-7,9-10,14H,2-4H2,1H3,(H,16,17). The molecule has 1 aromatic rings. The molecule has 108 valence electrons. The van der Waals surface area contributed by atoms with Crippen LogP contribution in [0.1, 0.15) is 19.3 Å². The molecule has 0 radical (unpaired) electrons. The number of rotatable bonds is 5. The number of carbonyl (C=O) groups is 1. The Hall–Kier alpha value is -2.31. The molecular formula is C13H16N2O5. The molecule has 1 fully saturated rings. The third-order valence-electron chi connectivity index (χ3n) is 3.56. The summed E-state index contributed by atoms with van der Waals surface area (Å²) in [6.45, 7) is 0. The average molecular weight is 280 g/mol. The van der Waals surface area contributed by atoms with Crippen LogP contribution >= 0.6 is 0 Å². The van der Waals surface area contributed by atoms with Crippen LogP contribution in [0.2, 0.25) is 0 Å². The third kappa shape index (κ3) is 2.81. The zero-order chi connectivity index (χ0) is 14.7. The van der Waals surface area contributed by atoms with Crippen molar-refractivity contribution >= 4 is 17.3 Å². The molecule has 7 heteroatoms. The lowest BCUT2D eigenvalue weighted by atomic mass is 10.0. The van der Waals surface area contributed by atoms with Crippen molar-refractivity contribution in [2.75, 3.05) is 12.4 Å². The van der Waals surface area contributed by atoms with Crippen molar-refractivity contribution in [2.45, 2.75) is 25.3 Å². The van der Waals surface area contributed by atoms with Gasteiger partial charge in [-0.25, -0.2) is 0 Å². The molecule has 1 aliphatic carbocycles. The maximum atomic E-state index is 11.1. The highest BCUT2D eigenvalue weighted by Crippen LogP contribution is 2.33. The van der Waals surface area contributed by atoms with Crippen molar-refractivity contribution in [2.24, 2.45) is 5.92 Å². The Morgan fingerprint density at radius 1 is 1.50 bits per heavy atom. The fraction of sp³-hybridized carbons (Fsp3) is 0.462. The summed E-state index contributed by atoms with van der Waals surface area (Å²) >= 11 is 0. The molecule has 2 N–H and O–H groups in total. The summed E-state index contributed by atoms with van der Waals surface area (Å²) in [6.07, 6.45) is 2.28. The number of benzene rings is 1. The van der Waals surface area contributed by atoms with Gasteiger partial charge in [0.05, 0.1) is 18.0 Å². The topological polar surface area (TPSA) is 102 Å². The molecule has 1 aromatic carbocycles. The first-order chi connectivity index (χ1) is 9.52. The van der Waals surface area contributed by atoms with E-state index in [4.69, 9.17) is 9.84 Å². The molecule has 0 aromatic heterocycles. The number of nitro benzene ring substituents is 1. The summed E-state index contributed by atoms with van der Waals surface area (Å²) in [7, 11) is 1.36. The number of nitrogens with one attached hydrogen (secondary N) is 1. The second kappa shape index (κ2) is 5.77. The fourth-order valence-corrected chi connectivity index (χ4v) is 2.56. The molecule has 0 aliphatic heterocycles. The third-order valence-corrected chi connectivity index (χ3v) is 3.56. The largest absolute Gasteiger partial charge is 0.490 e. The molecule has 0 amide bonds. The van der Waals surface area contributed by atoms with Gasteiger partial charge in [0.2, 0.25) is 0 Å². The van der Waals surface area contributed by atoms with E-state index < -0.39 is 16.8 Å². The zero-order valence-electron chi connectivity index (χ0n) is 11.0. The molecule has 7 nitrogen and oxygen atoms in total. The Bertz CT molecular complexity index is 531. The van der Waals surface area contributed by atoms with Crippen LogP contribution in [-0.4, -0.2) is 29.2 Å². The van der Waals surface area contributed by atoms with Gasteiger partial charge in [-0.15, -0.1) is 0 Å². The zero-order valence-corrected chi connectivity index (χ0v) is 11.0. The summed E-state index contributed by atoms with van der Waals surface area (Å²) < 4.78 is 4.99. The van der Waals surface area contributed by atoms with Gasteiger partial charge >= 0.3 is 11.7 Å². The number of anilines is 1. The molecule has 0 spiro atoms. The summed E-state index contributed by atoms with van der Waals surface area (Å²) in [5, 5.41) is 23.1. The van der Waals surface area contributed by atoms with Gasteiger partial charge in [0.1, 0.15) is 0 Å². The molecule has 1 saturated carbocycles. The lowest BCUT2D eigenvalue weighted by Gasteiger charge is -2.19. The maximum absolute atomic E-state index is 11.1. The molecule has 0 saturated heterocycles. The lowest BCUT2D eigenvalue weighted by Crippen LogP contribution is -2.29. The van der Waals surface area contributed by atoms with Crippen LogP contribution in [0.4, 0.5) is 11.4 Å². The average Bonchev–Trinajstić information content (AvgIpc) is 2.86. The van der Waals surface area contributed by atoms with Gasteiger partial charge in [-0.1, -0.05) is 6.42 Å².